The second-order valence-corrected chi connectivity index (χ2v) is 3.93. The molecule has 0 bridgehead atoms. The number of halogens is 1. The molecule has 2 rings (SSSR count). The van der Waals surface area contributed by atoms with Gasteiger partial charge in [-0.15, -0.1) is 0 Å². The SMILES string of the molecule is COc1ccc(CC(=O)c2nccn2C)cc1F. The minimum absolute atomic E-state index is 0.117. The lowest BCUT2D eigenvalue weighted by atomic mass is 10.1. The molecule has 0 aliphatic rings. The van der Waals surface area contributed by atoms with Crippen molar-refractivity contribution in [3.63, 3.8) is 0 Å². The fourth-order valence-electron chi connectivity index (χ4n) is 1.72. The molecule has 0 saturated carbocycles. The molecule has 0 aliphatic heterocycles. The maximum Gasteiger partial charge on any atom is 0.202 e. The number of aryl methyl sites for hydroxylation is 1. The van der Waals surface area contributed by atoms with E-state index in [1.165, 1.54) is 19.2 Å². The molecule has 5 heteroatoms. The number of hydrogen-bond acceptors (Lipinski definition) is 3. The van der Waals surface area contributed by atoms with Crippen LogP contribution in [0.1, 0.15) is 16.2 Å². The number of methoxy groups -OCH3 is 1. The van der Waals surface area contributed by atoms with Crippen molar-refractivity contribution >= 4 is 5.78 Å². The molecule has 1 aromatic heterocycles. The monoisotopic (exact) mass is 248 g/mol. The van der Waals surface area contributed by atoms with Gasteiger partial charge in [0.25, 0.3) is 0 Å². The van der Waals surface area contributed by atoms with Gasteiger partial charge in [-0.25, -0.2) is 9.37 Å². The number of carbonyl (C=O) groups excluding carboxylic acids is 1. The van der Waals surface area contributed by atoms with Crippen LogP contribution < -0.4 is 4.74 Å². The van der Waals surface area contributed by atoms with Crippen molar-refractivity contribution in [3.05, 3.63) is 47.8 Å². The highest BCUT2D eigenvalue weighted by Crippen LogP contribution is 2.18. The van der Waals surface area contributed by atoms with Crippen LogP contribution in [0.4, 0.5) is 4.39 Å². The highest BCUT2D eigenvalue weighted by molar-refractivity contribution is 5.94. The number of carbonyl (C=O) groups is 1. The Morgan fingerprint density at radius 1 is 1.50 bits per heavy atom. The summed E-state index contributed by atoms with van der Waals surface area (Å²) in [5.74, 6) is -0.0795. The molecule has 0 aliphatic carbocycles. The topological polar surface area (TPSA) is 44.1 Å². The summed E-state index contributed by atoms with van der Waals surface area (Å²) in [6.07, 6.45) is 3.37. The quantitative estimate of drug-likeness (QED) is 0.777. The van der Waals surface area contributed by atoms with E-state index in [1.807, 2.05) is 0 Å². The summed E-state index contributed by atoms with van der Waals surface area (Å²) in [6, 6.07) is 4.48. The van der Waals surface area contributed by atoms with E-state index in [-0.39, 0.29) is 18.0 Å². The van der Waals surface area contributed by atoms with E-state index in [0.29, 0.717) is 11.4 Å². The molecule has 1 heterocycles. The zero-order chi connectivity index (χ0) is 13.1. The number of ether oxygens (including phenoxy) is 1. The first kappa shape index (κ1) is 12.3. The van der Waals surface area contributed by atoms with Crippen molar-refractivity contribution in [3.8, 4) is 5.75 Å². The number of rotatable bonds is 4. The van der Waals surface area contributed by atoms with Gasteiger partial charge in [0.2, 0.25) is 5.78 Å². The van der Waals surface area contributed by atoms with Gasteiger partial charge in [-0.2, -0.15) is 0 Å². The molecule has 0 saturated heterocycles. The fraction of sp³-hybridized carbons (Fsp3) is 0.231. The minimum Gasteiger partial charge on any atom is -0.494 e. The predicted molar refractivity (Wildman–Crippen MR) is 64.2 cm³/mol. The fourth-order valence-corrected chi connectivity index (χ4v) is 1.72. The summed E-state index contributed by atoms with van der Waals surface area (Å²) in [5.41, 5.74) is 0.598. The van der Waals surface area contributed by atoms with E-state index in [9.17, 15) is 9.18 Å². The van der Waals surface area contributed by atoms with Crippen LogP contribution in [0.3, 0.4) is 0 Å². The van der Waals surface area contributed by atoms with Crippen molar-refractivity contribution in [2.45, 2.75) is 6.42 Å². The Morgan fingerprint density at radius 2 is 2.28 bits per heavy atom. The number of Topliss-reactive ketones (excluding diaryl/α,β-unsaturated/α-hetero) is 1. The van der Waals surface area contributed by atoms with Gasteiger partial charge in [0.05, 0.1) is 7.11 Å². The summed E-state index contributed by atoms with van der Waals surface area (Å²) in [4.78, 5) is 15.9. The first-order valence-corrected chi connectivity index (χ1v) is 5.44. The lowest BCUT2D eigenvalue weighted by Gasteiger charge is -2.05. The van der Waals surface area contributed by atoms with E-state index in [0.717, 1.165) is 0 Å². The summed E-state index contributed by atoms with van der Waals surface area (Å²) < 4.78 is 19.9. The van der Waals surface area contributed by atoms with Gasteiger partial charge in [0.15, 0.2) is 17.4 Å². The number of benzene rings is 1. The smallest absolute Gasteiger partial charge is 0.202 e. The van der Waals surface area contributed by atoms with Gasteiger partial charge in [-0.05, 0) is 17.7 Å². The van der Waals surface area contributed by atoms with Gasteiger partial charge < -0.3 is 9.30 Å². The molecule has 1 aromatic carbocycles. The lowest BCUT2D eigenvalue weighted by molar-refractivity contribution is 0.0980. The molecule has 0 amide bonds. The third-order valence-corrected chi connectivity index (χ3v) is 2.65. The van der Waals surface area contributed by atoms with Gasteiger partial charge in [-0.3, -0.25) is 4.79 Å². The van der Waals surface area contributed by atoms with E-state index in [1.54, 1.807) is 30.1 Å². The van der Waals surface area contributed by atoms with E-state index < -0.39 is 5.82 Å². The van der Waals surface area contributed by atoms with Crippen molar-refractivity contribution in [2.24, 2.45) is 7.05 Å². The summed E-state index contributed by atoms with van der Waals surface area (Å²) >= 11 is 0. The summed E-state index contributed by atoms with van der Waals surface area (Å²) in [5, 5.41) is 0. The van der Waals surface area contributed by atoms with Gasteiger partial charge in [-0.1, -0.05) is 6.07 Å². The van der Waals surface area contributed by atoms with E-state index >= 15 is 0 Å². The van der Waals surface area contributed by atoms with E-state index in [2.05, 4.69) is 4.98 Å². The zero-order valence-corrected chi connectivity index (χ0v) is 10.2. The van der Waals surface area contributed by atoms with Gasteiger partial charge in [0.1, 0.15) is 0 Å². The first-order valence-electron chi connectivity index (χ1n) is 5.44. The molecule has 0 atom stereocenters. The number of nitrogens with zero attached hydrogens (tertiary/aromatic N) is 2. The Morgan fingerprint density at radius 3 is 2.83 bits per heavy atom. The third-order valence-electron chi connectivity index (χ3n) is 2.65. The van der Waals surface area contributed by atoms with Crippen LogP contribution >= 0.6 is 0 Å². The Kier molecular flexibility index (Phi) is 3.41. The number of ketones is 1. The maximum absolute atomic E-state index is 13.5. The van der Waals surface area contributed by atoms with Crippen LogP contribution in [0.25, 0.3) is 0 Å². The summed E-state index contributed by atoms with van der Waals surface area (Å²) in [6.45, 7) is 0. The third kappa shape index (κ3) is 2.40. The van der Waals surface area contributed by atoms with Crippen LogP contribution in [-0.2, 0) is 13.5 Å². The second kappa shape index (κ2) is 5.00. The Bertz CT molecular complexity index is 578. The van der Waals surface area contributed by atoms with Gasteiger partial charge >= 0.3 is 0 Å². The van der Waals surface area contributed by atoms with E-state index in [4.69, 9.17) is 4.74 Å². The average molecular weight is 248 g/mol. The molecule has 0 unspecified atom stereocenters. The molecular weight excluding hydrogens is 235 g/mol. The van der Waals surface area contributed by atoms with Crippen molar-refractivity contribution in [2.75, 3.05) is 7.11 Å². The molecule has 0 spiro atoms. The Balaban J connectivity index is 2.17. The number of aromatic nitrogens is 2. The Hall–Kier alpha value is -2.17. The van der Waals surface area contributed by atoms with Crippen molar-refractivity contribution in [1.29, 1.82) is 0 Å². The highest BCUT2D eigenvalue weighted by Gasteiger charge is 2.13. The van der Waals surface area contributed by atoms with Crippen LogP contribution in [0.15, 0.2) is 30.6 Å². The largest absolute Gasteiger partial charge is 0.494 e. The molecule has 18 heavy (non-hydrogen) atoms. The molecule has 0 fully saturated rings. The molecule has 2 aromatic rings. The first-order chi connectivity index (χ1) is 8.61. The predicted octanol–water partition coefficient (Wildman–Crippen LogP) is 1.99. The second-order valence-electron chi connectivity index (χ2n) is 3.93. The highest BCUT2D eigenvalue weighted by atomic mass is 19.1. The Labute approximate surface area is 104 Å². The standard InChI is InChI=1S/C13H13FN2O2/c1-16-6-5-15-13(16)11(17)8-9-3-4-12(18-2)10(14)7-9/h3-7H,8H2,1-2H3. The minimum atomic E-state index is -0.470. The molecule has 94 valence electrons. The van der Waals surface area contributed by atoms with Crippen molar-refractivity contribution in [1.82, 2.24) is 9.55 Å². The number of hydrogen-bond donors (Lipinski definition) is 0. The maximum atomic E-state index is 13.5. The summed E-state index contributed by atoms with van der Waals surface area (Å²) in [7, 11) is 3.14. The molecule has 4 nitrogen and oxygen atoms in total. The van der Waals surface area contributed by atoms with Crippen LogP contribution in [0.5, 0.6) is 5.75 Å². The molecule has 0 N–H and O–H groups in total. The van der Waals surface area contributed by atoms with Crippen LogP contribution in [-0.4, -0.2) is 22.4 Å². The van der Waals surface area contributed by atoms with Gasteiger partial charge in [0, 0.05) is 25.9 Å². The number of imidazole rings is 1. The normalized spacial score (nSPS) is 10.4. The lowest BCUT2D eigenvalue weighted by Crippen LogP contribution is -2.10. The van der Waals surface area contributed by atoms with Crippen molar-refractivity contribution < 1.29 is 13.9 Å². The average Bonchev–Trinajstić information content (AvgIpc) is 2.76. The zero-order valence-electron chi connectivity index (χ0n) is 10.2. The van der Waals surface area contributed by atoms with Crippen LogP contribution in [0.2, 0.25) is 0 Å². The molecular formula is C13H13FN2O2. The molecule has 0 radical (unpaired) electrons. The van der Waals surface area contributed by atoms with Crippen LogP contribution in [0, 0.1) is 5.82 Å².